The number of benzene rings is 2. The van der Waals surface area contributed by atoms with Crippen molar-refractivity contribution in [2.45, 2.75) is 4.90 Å². The Bertz CT molecular complexity index is 1140. The van der Waals surface area contributed by atoms with Gasteiger partial charge in [-0.3, -0.25) is 9.59 Å². The summed E-state index contributed by atoms with van der Waals surface area (Å²) in [6.07, 6.45) is 1.70. The first kappa shape index (κ1) is 23.0. The molecule has 0 unspecified atom stereocenters. The Morgan fingerprint density at radius 3 is 2.56 bits per heavy atom. The number of anilines is 2. The molecule has 32 heavy (non-hydrogen) atoms. The minimum Gasteiger partial charge on any atom is -0.496 e. The number of methoxy groups -OCH3 is 1. The van der Waals surface area contributed by atoms with Gasteiger partial charge in [-0.1, -0.05) is 12.1 Å². The molecule has 2 aromatic carbocycles. The van der Waals surface area contributed by atoms with Gasteiger partial charge in [-0.2, -0.15) is 0 Å². The van der Waals surface area contributed by atoms with Crippen molar-refractivity contribution in [1.82, 2.24) is 4.98 Å². The average Bonchev–Trinajstić information content (AvgIpc) is 3.25. The van der Waals surface area contributed by atoms with Crippen LogP contribution in [-0.2, 0) is 14.4 Å². The topological polar surface area (TPSA) is 118 Å². The predicted octanol–water partition coefficient (Wildman–Crippen LogP) is 4.13. The lowest BCUT2D eigenvalue weighted by Gasteiger charge is -2.06. The van der Waals surface area contributed by atoms with Crippen molar-refractivity contribution >= 4 is 51.7 Å². The highest BCUT2D eigenvalue weighted by Gasteiger charge is 2.11. The molecule has 1 aromatic heterocycles. The summed E-state index contributed by atoms with van der Waals surface area (Å²) in [6.45, 7) is 0. The molecule has 0 atom stereocenters. The third-order valence-electron chi connectivity index (χ3n) is 4.00. The number of carbonyl (C=O) groups is 3. The van der Waals surface area contributed by atoms with Crippen LogP contribution in [0.4, 0.5) is 10.8 Å². The molecular formula is C22H19N3O5S2. The number of hydrogen-bond donors (Lipinski definition) is 3. The summed E-state index contributed by atoms with van der Waals surface area (Å²) >= 11 is 2.68. The van der Waals surface area contributed by atoms with E-state index in [0.29, 0.717) is 16.6 Å². The molecule has 8 nitrogen and oxygen atoms in total. The molecule has 2 amide bonds. The van der Waals surface area contributed by atoms with Gasteiger partial charge in [-0.05, 0) is 36.4 Å². The van der Waals surface area contributed by atoms with Crippen LogP contribution in [-0.4, -0.2) is 40.7 Å². The van der Waals surface area contributed by atoms with Gasteiger partial charge in [-0.25, -0.2) is 9.78 Å². The van der Waals surface area contributed by atoms with E-state index >= 15 is 0 Å². The Morgan fingerprint density at radius 1 is 1.09 bits per heavy atom. The predicted molar refractivity (Wildman–Crippen MR) is 125 cm³/mol. The van der Waals surface area contributed by atoms with Gasteiger partial charge in [0.05, 0.1) is 18.6 Å². The molecule has 3 rings (SSSR count). The molecule has 0 spiro atoms. The summed E-state index contributed by atoms with van der Waals surface area (Å²) in [5.41, 5.74) is 2.10. The molecule has 0 aliphatic carbocycles. The van der Waals surface area contributed by atoms with Crippen LogP contribution in [0.2, 0.25) is 0 Å². The first-order chi connectivity index (χ1) is 15.4. The molecule has 164 valence electrons. The molecule has 3 N–H and O–H groups in total. The number of ether oxygens (including phenoxy) is 1. The van der Waals surface area contributed by atoms with E-state index in [0.717, 1.165) is 28.3 Å². The van der Waals surface area contributed by atoms with E-state index in [-0.39, 0.29) is 11.7 Å². The molecule has 0 radical (unpaired) electrons. The Hall–Kier alpha value is -3.63. The summed E-state index contributed by atoms with van der Waals surface area (Å²) < 4.78 is 5.35. The van der Waals surface area contributed by atoms with Crippen molar-refractivity contribution in [2.24, 2.45) is 0 Å². The van der Waals surface area contributed by atoms with Crippen molar-refractivity contribution in [3.8, 4) is 17.0 Å². The number of aliphatic carboxylic acids is 1. The van der Waals surface area contributed by atoms with Crippen LogP contribution in [0.5, 0.6) is 5.75 Å². The highest BCUT2D eigenvalue weighted by Crippen LogP contribution is 2.32. The van der Waals surface area contributed by atoms with Crippen molar-refractivity contribution in [1.29, 1.82) is 0 Å². The van der Waals surface area contributed by atoms with E-state index in [1.165, 1.54) is 23.1 Å². The molecule has 0 aliphatic heterocycles. The normalized spacial score (nSPS) is 10.7. The van der Waals surface area contributed by atoms with E-state index < -0.39 is 11.9 Å². The molecule has 1 heterocycles. The number of nitrogens with zero attached hydrogens (tertiary/aromatic N) is 1. The van der Waals surface area contributed by atoms with Crippen molar-refractivity contribution in [3.63, 3.8) is 0 Å². The van der Waals surface area contributed by atoms with Crippen molar-refractivity contribution < 1.29 is 24.2 Å². The van der Waals surface area contributed by atoms with Gasteiger partial charge in [0, 0.05) is 33.7 Å². The van der Waals surface area contributed by atoms with E-state index in [4.69, 9.17) is 9.84 Å². The first-order valence-electron chi connectivity index (χ1n) is 9.28. The fourth-order valence-electron chi connectivity index (χ4n) is 2.58. The van der Waals surface area contributed by atoms with Gasteiger partial charge < -0.3 is 20.5 Å². The SMILES string of the molecule is COc1ccccc1-c1csc(NC(=O)CSc2ccc(NC(=O)/C=C/C(=O)O)cc2)n1. The van der Waals surface area contributed by atoms with Crippen LogP contribution >= 0.6 is 23.1 Å². The molecule has 0 bridgehead atoms. The zero-order chi connectivity index (χ0) is 22.9. The maximum atomic E-state index is 12.3. The number of carboxylic acids is 1. The lowest BCUT2D eigenvalue weighted by molar-refractivity contribution is -0.131. The zero-order valence-corrected chi connectivity index (χ0v) is 18.5. The summed E-state index contributed by atoms with van der Waals surface area (Å²) in [6, 6.07) is 14.4. The summed E-state index contributed by atoms with van der Waals surface area (Å²) in [4.78, 5) is 39.6. The van der Waals surface area contributed by atoms with E-state index in [9.17, 15) is 14.4 Å². The molecule has 0 saturated carbocycles. The van der Waals surface area contributed by atoms with E-state index in [2.05, 4.69) is 15.6 Å². The molecule has 10 heteroatoms. The summed E-state index contributed by atoms with van der Waals surface area (Å²) in [5.74, 6) is -1.02. The van der Waals surface area contributed by atoms with Gasteiger partial charge in [0.2, 0.25) is 11.8 Å². The highest BCUT2D eigenvalue weighted by molar-refractivity contribution is 8.00. The number of rotatable bonds is 9. The van der Waals surface area contributed by atoms with Crippen LogP contribution in [0.15, 0.2) is 71.0 Å². The number of aromatic nitrogens is 1. The number of amides is 2. The number of thioether (sulfide) groups is 1. The van der Waals surface area contributed by atoms with Gasteiger partial charge in [0.15, 0.2) is 5.13 Å². The second kappa shape index (κ2) is 11.1. The second-order valence-corrected chi connectivity index (χ2v) is 8.17. The smallest absolute Gasteiger partial charge is 0.328 e. The largest absolute Gasteiger partial charge is 0.496 e. The fraction of sp³-hybridized carbons (Fsp3) is 0.0909. The molecule has 0 aliphatic rings. The maximum Gasteiger partial charge on any atom is 0.328 e. The standard InChI is InChI=1S/C22H19N3O5S2/c1-30-18-5-3-2-4-16(18)17-12-32-22(24-17)25-20(27)13-31-15-8-6-14(7-9-15)23-19(26)10-11-21(28)29/h2-12H,13H2,1H3,(H,23,26)(H,28,29)(H,24,25,27)/b11-10+. The monoisotopic (exact) mass is 469 g/mol. The summed E-state index contributed by atoms with van der Waals surface area (Å²) in [7, 11) is 1.60. The van der Waals surface area contributed by atoms with Crippen LogP contribution in [0.1, 0.15) is 0 Å². The van der Waals surface area contributed by atoms with Crippen molar-refractivity contribution in [2.75, 3.05) is 23.5 Å². The van der Waals surface area contributed by atoms with Crippen LogP contribution in [0.3, 0.4) is 0 Å². The Morgan fingerprint density at radius 2 is 1.84 bits per heavy atom. The number of carbonyl (C=O) groups excluding carboxylic acids is 2. The fourth-order valence-corrected chi connectivity index (χ4v) is 4.01. The lowest BCUT2D eigenvalue weighted by atomic mass is 10.1. The van der Waals surface area contributed by atoms with Crippen LogP contribution in [0, 0.1) is 0 Å². The van der Waals surface area contributed by atoms with Gasteiger partial charge in [0.25, 0.3) is 0 Å². The van der Waals surface area contributed by atoms with Gasteiger partial charge >= 0.3 is 5.97 Å². The number of nitrogens with one attached hydrogen (secondary N) is 2. The Labute approximate surface area is 192 Å². The number of carboxylic acid groups (broad SMARTS) is 1. The molecule has 0 fully saturated rings. The lowest BCUT2D eigenvalue weighted by Crippen LogP contribution is -2.13. The quantitative estimate of drug-likeness (QED) is 0.319. The summed E-state index contributed by atoms with van der Waals surface area (Å²) in [5, 5.41) is 16.2. The number of hydrogen-bond acceptors (Lipinski definition) is 7. The van der Waals surface area contributed by atoms with Crippen LogP contribution in [0.25, 0.3) is 11.3 Å². The Kier molecular flexibility index (Phi) is 8.01. The third kappa shape index (κ3) is 6.69. The minimum absolute atomic E-state index is 0.188. The number of para-hydroxylation sites is 1. The van der Waals surface area contributed by atoms with E-state index in [1.54, 1.807) is 31.4 Å². The zero-order valence-electron chi connectivity index (χ0n) is 16.9. The maximum absolute atomic E-state index is 12.3. The Balaban J connectivity index is 1.50. The minimum atomic E-state index is -1.20. The average molecular weight is 470 g/mol. The van der Waals surface area contributed by atoms with Crippen LogP contribution < -0.4 is 15.4 Å². The van der Waals surface area contributed by atoms with Crippen molar-refractivity contribution in [3.05, 3.63) is 66.1 Å². The molecular weight excluding hydrogens is 450 g/mol. The van der Waals surface area contributed by atoms with Gasteiger partial charge in [0.1, 0.15) is 5.75 Å². The van der Waals surface area contributed by atoms with Gasteiger partial charge in [-0.15, -0.1) is 23.1 Å². The number of thiazole rings is 1. The first-order valence-corrected chi connectivity index (χ1v) is 11.1. The highest BCUT2D eigenvalue weighted by atomic mass is 32.2. The van der Waals surface area contributed by atoms with E-state index in [1.807, 2.05) is 29.6 Å². The molecule has 0 saturated heterocycles. The third-order valence-corrected chi connectivity index (χ3v) is 5.77. The second-order valence-electron chi connectivity index (χ2n) is 6.26. The molecule has 3 aromatic rings.